The Bertz CT molecular complexity index is 339. The number of hydrazine groups is 1. The van der Waals surface area contributed by atoms with Gasteiger partial charge in [0.05, 0.1) is 18.0 Å². The highest BCUT2D eigenvalue weighted by atomic mass is 16.3. The zero-order chi connectivity index (χ0) is 10.7. The van der Waals surface area contributed by atoms with Gasteiger partial charge in [-0.1, -0.05) is 0 Å². The van der Waals surface area contributed by atoms with Crippen LogP contribution >= 0.6 is 0 Å². The lowest BCUT2D eigenvalue weighted by Gasteiger charge is -2.36. The van der Waals surface area contributed by atoms with Crippen LogP contribution in [0, 0.1) is 0 Å². The Morgan fingerprint density at radius 3 is 2.73 bits per heavy atom. The van der Waals surface area contributed by atoms with Crippen LogP contribution in [0.2, 0.25) is 0 Å². The van der Waals surface area contributed by atoms with E-state index in [2.05, 4.69) is 20.7 Å². The summed E-state index contributed by atoms with van der Waals surface area (Å²) in [6, 6.07) is 0. The topological polar surface area (TPSA) is 96.1 Å². The van der Waals surface area contributed by atoms with Crippen LogP contribution in [0.3, 0.4) is 0 Å². The van der Waals surface area contributed by atoms with E-state index in [9.17, 15) is 5.11 Å². The molecule has 1 fully saturated rings. The summed E-state index contributed by atoms with van der Waals surface area (Å²) in [6.07, 6.45) is 5.92. The molecule has 82 valence electrons. The Kier molecular flexibility index (Phi) is 2.70. The van der Waals surface area contributed by atoms with Gasteiger partial charge in [-0.15, -0.1) is 0 Å². The molecular formula is C9H15N5O. The van der Waals surface area contributed by atoms with Crippen molar-refractivity contribution in [1.82, 2.24) is 9.97 Å². The molecule has 1 aliphatic carbocycles. The Morgan fingerprint density at radius 2 is 2.13 bits per heavy atom. The average Bonchev–Trinajstić information content (AvgIpc) is 2.24. The fraction of sp³-hybridized carbons (Fsp3) is 0.556. The highest BCUT2D eigenvalue weighted by Crippen LogP contribution is 2.31. The van der Waals surface area contributed by atoms with E-state index in [-0.39, 0.29) is 0 Å². The first-order valence-electron chi connectivity index (χ1n) is 4.97. The molecule has 6 heteroatoms. The van der Waals surface area contributed by atoms with Crippen molar-refractivity contribution in [3.8, 4) is 0 Å². The Hall–Kier alpha value is -1.40. The minimum Gasteiger partial charge on any atom is -0.388 e. The average molecular weight is 209 g/mol. The van der Waals surface area contributed by atoms with E-state index < -0.39 is 5.60 Å². The maximum atomic E-state index is 9.85. The maximum Gasteiger partial charge on any atom is 0.160 e. The van der Waals surface area contributed by atoms with Crippen molar-refractivity contribution < 1.29 is 5.11 Å². The first kappa shape index (κ1) is 10.1. The number of hydrogen-bond acceptors (Lipinski definition) is 6. The van der Waals surface area contributed by atoms with Crippen molar-refractivity contribution in [1.29, 1.82) is 0 Å². The predicted octanol–water partition coefficient (Wildman–Crippen LogP) is 0.0891. The van der Waals surface area contributed by atoms with Crippen LogP contribution < -0.4 is 16.6 Å². The number of aliphatic hydroxyl groups is 1. The summed E-state index contributed by atoms with van der Waals surface area (Å²) in [5.74, 6) is 6.33. The van der Waals surface area contributed by atoms with Gasteiger partial charge in [0.15, 0.2) is 5.82 Å². The molecule has 6 nitrogen and oxygen atoms in total. The van der Waals surface area contributed by atoms with Gasteiger partial charge in [0.2, 0.25) is 0 Å². The predicted molar refractivity (Wildman–Crippen MR) is 57.1 cm³/mol. The van der Waals surface area contributed by atoms with Gasteiger partial charge in [-0.2, -0.15) is 0 Å². The van der Waals surface area contributed by atoms with Crippen LogP contribution in [0.5, 0.6) is 0 Å². The lowest BCUT2D eigenvalue weighted by atomic mass is 9.80. The molecule has 1 aromatic rings. The number of aromatic nitrogens is 2. The molecule has 0 radical (unpaired) electrons. The Labute approximate surface area is 87.9 Å². The maximum absolute atomic E-state index is 9.85. The first-order valence-corrected chi connectivity index (χ1v) is 4.97. The third-order valence-corrected chi connectivity index (χ3v) is 2.67. The molecule has 0 aliphatic heterocycles. The zero-order valence-corrected chi connectivity index (χ0v) is 8.40. The van der Waals surface area contributed by atoms with Gasteiger partial charge in [-0.25, -0.2) is 10.8 Å². The van der Waals surface area contributed by atoms with Gasteiger partial charge >= 0.3 is 0 Å². The molecule has 0 saturated heterocycles. The van der Waals surface area contributed by atoms with Gasteiger partial charge in [-0.05, 0) is 19.3 Å². The quantitative estimate of drug-likeness (QED) is 0.414. The van der Waals surface area contributed by atoms with Gasteiger partial charge < -0.3 is 15.8 Å². The van der Waals surface area contributed by atoms with Crippen molar-refractivity contribution in [3.05, 3.63) is 12.4 Å². The zero-order valence-electron chi connectivity index (χ0n) is 8.40. The van der Waals surface area contributed by atoms with E-state index in [0.717, 1.165) is 19.3 Å². The lowest BCUT2D eigenvalue weighted by Crippen LogP contribution is -2.43. The molecular weight excluding hydrogens is 194 g/mol. The number of anilines is 2. The third kappa shape index (κ3) is 2.34. The largest absolute Gasteiger partial charge is 0.388 e. The first-order chi connectivity index (χ1) is 7.22. The van der Waals surface area contributed by atoms with E-state index in [0.29, 0.717) is 18.2 Å². The van der Waals surface area contributed by atoms with E-state index in [1.165, 1.54) is 6.20 Å². The van der Waals surface area contributed by atoms with E-state index >= 15 is 0 Å². The molecule has 0 amide bonds. The molecule has 0 aromatic carbocycles. The smallest absolute Gasteiger partial charge is 0.160 e. The summed E-state index contributed by atoms with van der Waals surface area (Å²) >= 11 is 0. The number of hydrogen-bond donors (Lipinski definition) is 4. The lowest BCUT2D eigenvalue weighted by molar-refractivity contribution is -0.0202. The fourth-order valence-electron chi connectivity index (χ4n) is 1.54. The second-order valence-electron chi connectivity index (χ2n) is 3.87. The SMILES string of the molecule is NNc1cncc(NCC2(O)CCC2)n1. The van der Waals surface area contributed by atoms with Crippen molar-refractivity contribution in [2.45, 2.75) is 24.9 Å². The molecule has 5 N–H and O–H groups in total. The van der Waals surface area contributed by atoms with Crippen LogP contribution in [0.25, 0.3) is 0 Å². The van der Waals surface area contributed by atoms with Crippen molar-refractivity contribution in [3.63, 3.8) is 0 Å². The van der Waals surface area contributed by atoms with Gasteiger partial charge in [0.1, 0.15) is 5.82 Å². The molecule has 1 saturated carbocycles. The molecule has 1 aromatic heterocycles. The minimum atomic E-state index is -0.562. The number of rotatable bonds is 4. The van der Waals surface area contributed by atoms with Crippen molar-refractivity contribution >= 4 is 11.6 Å². The van der Waals surface area contributed by atoms with E-state index in [1.54, 1.807) is 6.20 Å². The third-order valence-electron chi connectivity index (χ3n) is 2.67. The number of nitrogens with zero attached hydrogens (tertiary/aromatic N) is 2. The van der Waals surface area contributed by atoms with Gasteiger partial charge in [0.25, 0.3) is 0 Å². The molecule has 0 unspecified atom stereocenters. The monoisotopic (exact) mass is 209 g/mol. The highest BCUT2D eigenvalue weighted by Gasteiger charge is 2.33. The summed E-state index contributed by atoms with van der Waals surface area (Å²) < 4.78 is 0. The summed E-state index contributed by atoms with van der Waals surface area (Å²) in [5, 5.41) is 12.9. The molecule has 0 bridgehead atoms. The molecule has 15 heavy (non-hydrogen) atoms. The van der Waals surface area contributed by atoms with E-state index in [4.69, 9.17) is 5.84 Å². The van der Waals surface area contributed by atoms with Crippen molar-refractivity contribution in [2.24, 2.45) is 5.84 Å². The normalized spacial score (nSPS) is 18.0. The molecule has 1 aliphatic rings. The Balaban J connectivity index is 1.92. The second-order valence-corrected chi connectivity index (χ2v) is 3.87. The van der Waals surface area contributed by atoms with Crippen LogP contribution in [0.1, 0.15) is 19.3 Å². The van der Waals surface area contributed by atoms with Crippen molar-refractivity contribution in [2.75, 3.05) is 17.3 Å². The Morgan fingerprint density at radius 1 is 1.40 bits per heavy atom. The van der Waals surface area contributed by atoms with Crippen LogP contribution in [-0.2, 0) is 0 Å². The molecule has 0 spiro atoms. The van der Waals surface area contributed by atoms with E-state index in [1.807, 2.05) is 0 Å². The summed E-state index contributed by atoms with van der Waals surface area (Å²) in [7, 11) is 0. The molecule has 0 atom stereocenters. The van der Waals surface area contributed by atoms with Crippen LogP contribution in [0.4, 0.5) is 11.6 Å². The number of nitrogens with one attached hydrogen (secondary N) is 2. The standard InChI is InChI=1S/C9H15N5O/c10-14-8-5-11-4-7(13-8)12-6-9(15)2-1-3-9/h4-5,15H,1-3,6,10H2,(H2,12,13,14). The van der Waals surface area contributed by atoms with Crippen LogP contribution in [0.15, 0.2) is 12.4 Å². The van der Waals surface area contributed by atoms with Gasteiger partial charge in [-0.3, -0.25) is 4.98 Å². The molecule has 2 rings (SSSR count). The second kappa shape index (κ2) is 4.00. The number of nitrogen functional groups attached to an aromatic ring is 1. The summed E-state index contributed by atoms with van der Waals surface area (Å²) in [6.45, 7) is 0.510. The summed E-state index contributed by atoms with van der Waals surface area (Å²) in [4.78, 5) is 8.08. The van der Waals surface area contributed by atoms with Gasteiger partial charge in [0, 0.05) is 6.54 Å². The van der Waals surface area contributed by atoms with Crippen LogP contribution in [-0.4, -0.2) is 27.2 Å². The number of nitrogens with two attached hydrogens (primary N) is 1. The molecule has 1 heterocycles. The highest BCUT2D eigenvalue weighted by molar-refractivity contribution is 5.40. The fourth-order valence-corrected chi connectivity index (χ4v) is 1.54. The minimum absolute atomic E-state index is 0.501. The summed E-state index contributed by atoms with van der Waals surface area (Å²) in [5.41, 5.74) is 1.85.